The van der Waals surface area contributed by atoms with Crippen LogP contribution in [0.5, 0.6) is 0 Å². The van der Waals surface area contributed by atoms with Gasteiger partial charge in [-0.15, -0.1) is 0 Å². The lowest BCUT2D eigenvalue weighted by Gasteiger charge is -2.26. The lowest BCUT2D eigenvalue weighted by molar-refractivity contribution is -0.714. The molecule has 0 spiro atoms. The van der Waals surface area contributed by atoms with Crippen LogP contribution in [0.15, 0.2) is 48.5 Å². The number of rotatable bonds is 4. The van der Waals surface area contributed by atoms with Gasteiger partial charge in [-0.2, -0.15) is 0 Å². The zero-order valence-corrected chi connectivity index (χ0v) is 13.9. The third kappa shape index (κ3) is 3.80. The fourth-order valence-corrected chi connectivity index (χ4v) is 3.32. The van der Waals surface area contributed by atoms with Crippen molar-refractivity contribution in [2.45, 2.75) is 45.2 Å². The molecule has 2 atom stereocenters. The van der Waals surface area contributed by atoms with E-state index in [1.165, 1.54) is 23.1 Å². The van der Waals surface area contributed by atoms with Crippen molar-refractivity contribution in [1.82, 2.24) is 0 Å². The van der Waals surface area contributed by atoms with Gasteiger partial charge < -0.3 is 10.6 Å². The maximum absolute atomic E-state index is 12.4. The molecule has 120 valence electrons. The summed E-state index contributed by atoms with van der Waals surface area (Å²) in [6.45, 7) is 4.03. The third-order valence-electron chi connectivity index (χ3n) is 4.67. The second-order valence-corrected chi connectivity index (χ2v) is 6.53. The Bertz CT molecular complexity index is 678. The highest BCUT2D eigenvalue weighted by Gasteiger charge is 2.27. The minimum atomic E-state index is -0.104. The first kappa shape index (κ1) is 15.8. The number of nitrogens with one attached hydrogen (secondary N) is 1. The van der Waals surface area contributed by atoms with Gasteiger partial charge in [0.05, 0.1) is 0 Å². The van der Waals surface area contributed by atoms with Crippen molar-refractivity contribution in [1.29, 1.82) is 0 Å². The number of carbonyl (C=O) groups excluding carboxylic acids is 1. The number of carbonyl (C=O) groups is 1. The van der Waals surface area contributed by atoms with E-state index >= 15 is 0 Å². The van der Waals surface area contributed by atoms with E-state index in [1.807, 2.05) is 38.1 Å². The van der Waals surface area contributed by atoms with Crippen molar-refractivity contribution in [2.75, 3.05) is 5.32 Å². The highest BCUT2D eigenvalue weighted by atomic mass is 16.2. The van der Waals surface area contributed by atoms with Crippen molar-refractivity contribution in [3.63, 3.8) is 0 Å². The van der Waals surface area contributed by atoms with Crippen LogP contribution < -0.4 is 10.6 Å². The quantitative estimate of drug-likeness (QED) is 0.896. The molecular weight excluding hydrogens is 284 g/mol. The van der Waals surface area contributed by atoms with E-state index < -0.39 is 0 Å². The van der Waals surface area contributed by atoms with Crippen molar-refractivity contribution in [2.24, 2.45) is 0 Å². The van der Waals surface area contributed by atoms with Gasteiger partial charge in [-0.3, -0.25) is 4.79 Å². The van der Waals surface area contributed by atoms with Crippen molar-refractivity contribution >= 4 is 11.6 Å². The van der Waals surface area contributed by atoms with Crippen LogP contribution in [-0.2, 0) is 11.2 Å². The van der Waals surface area contributed by atoms with Crippen LogP contribution in [0, 0.1) is 6.92 Å². The highest BCUT2D eigenvalue weighted by molar-refractivity contribution is 5.93. The fraction of sp³-hybridized carbons (Fsp3) is 0.350. The van der Waals surface area contributed by atoms with Crippen molar-refractivity contribution in [3.8, 4) is 0 Å². The molecule has 0 saturated heterocycles. The summed E-state index contributed by atoms with van der Waals surface area (Å²) in [6, 6.07) is 16.9. The van der Waals surface area contributed by atoms with Gasteiger partial charge in [0.25, 0.3) is 5.91 Å². The molecule has 0 bridgehead atoms. The summed E-state index contributed by atoms with van der Waals surface area (Å²) in [5.41, 5.74) is 4.89. The monoisotopic (exact) mass is 309 g/mol. The Balaban J connectivity index is 1.64. The Kier molecular flexibility index (Phi) is 4.77. The first-order valence-corrected chi connectivity index (χ1v) is 8.44. The second kappa shape index (κ2) is 6.97. The zero-order chi connectivity index (χ0) is 16.2. The molecular formula is C20H25N2O+. The summed E-state index contributed by atoms with van der Waals surface area (Å²) in [5, 5.41) is 5.22. The molecule has 23 heavy (non-hydrogen) atoms. The van der Waals surface area contributed by atoms with Gasteiger partial charge in [0, 0.05) is 17.7 Å². The molecule has 2 aromatic carbocycles. The maximum Gasteiger partial charge on any atom is 0.282 e. The largest absolute Gasteiger partial charge is 0.330 e. The molecule has 3 N–H and O–H groups in total. The summed E-state index contributed by atoms with van der Waals surface area (Å²) in [4.78, 5) is 12.4. The van der Waals surface area contributed by atoms with Crippen LogP contribution in [0.4, 0.5) is 5.69 Å². The maximum atomic E-state index is 12.4. The number of hydrogen-bond acceptors (Lipinski definition) is 1. The summed E-state index contributed by atoms with van der Waals surface area (Å²) in [5.74, 6) is 0.0666. The minimum Gasteiger partial charge on any atom is -0.330 e. The van der Waals surface area contributed by atoms with Crippen LogP contribution in [0.1, 0.15) is 42.5 Å². The van der Waals surface area contributed by atoms with Gasteiger partial charge in [0.1, 0.15) is 6.04 Å². The summed E-state index contributed by atoms with van der Waals surface area (Å²) in [6.07, 6.45) is 3.49. The van der Waals surface area contributed by atoms with E-state index in [4.69, 9.17) is 0 Å². The summed E-state index contributed by atoms with van der Waals surface area (Å²) < 4.78 is 0. The fourth-order valence-electron chi connectivity index (χ4n) is 3.32. The normalized spacial score (nSPS) is 18.1. The first-order valence-electron chi connectivity index (χ1n) is 8.44. The molecule has 0 heterocycles. The highest BCUT2D eigenvalue weighted by Crippen LogP contribution is 2.26. The van der Waals surface area contributed by atoms with Crippen molar-refractivity contribution < 1.29 is 10.1 Å². The van der Waals surface area contributed by atoms with Crippen LogP contribution in [0.3, 0.4) is 0 Å². The number of quaternary nitrogens is 1. The van der Waals surface area contributed by atoms with E-state index in [2.05, 4.69) is 34.9 Å². The van der Waals surface area contributed by atoms with Crippen LogP contribution in [0.25, 0.3) is 0 Å². The Morgan fingerprint density at radius 1 is 1.17 bits per heavy atom. The molecule has 0 unspecified atom stereocenters. The SMILES string of the molecule is Cc1ccc(NC(=O)[C@@H](C)[NH2+][C@@H]2CCCc3ccccc32)cc1. The molecule has 1 amide bonds. The molecule has 0 fully saturated rings. The Labute approximate surface area is 138 Å². The number of amides is 1. The number of benzene rings is 2. The minimum absolute atomic E-state index is 0.0666. The molecule has 0 aromatic heterocycles. The Morgan fingerprint density at radius 3 is 2.70 bits per heavy atom. The van der Waals surface area contributed by atoms with Gasteiger partial charge in [-0.25, -0.2) is 0 Å². The molecule has 1 aliphatic carbocycles. The number of anilines is 1. The molecule has 1 aliphatic rings. The van der Waals surface area contributed by atoms with E-state index in [0.29, 0.717) is 6.04 Å². The molecule has 3 heteroatoms. The molecule has 3 rings (SSSR count). The van der Waals surface area contributed by atoms with Gasteiger partial charge in [-0.05, 0) is 44.4 Å². The molecule has 3 nitrogen and oxygen atoms in total. The van der Waals surface area contributed by atoms with E-state index in [9.17, 15) is 4.79 Å². The van der Waals surface area contributed by atoms with Crippen LogP contribution in [-0.4, -0.2) is 11.9 Å². The summed E-state index contributed by atoms with van der Waals surface area (Å²) >= 11 is 0. The van der Waals surface area contributed by atoms with Gasteiger partial charge in [0.15, 0.2) is 6.04 Å². The van der Waals surface area contributed by atoms with E-state index in [0.717, 1.165) is 18.5 Å². The van der Waals surface area contributed by atoms with Crippen molar-refractivity contribution in [3.05, 3.63) is 65.2 Å². The van der Waals surface area contributed by atoms with Gasteiger partial charge in [0.2, 0.25) is 0 Å². The van der Waals surface area contributed by atoms with Gasteiger partial charge in [-0.1, -0.05) is 42.0 Å². The predicted octanol–water partition coefficient (Wildman–Crippen LogP) is 2.96. The number of fused-ring (bicyclic) bond motifs is 1. The average Bonchev–Trinajstić information content (AvgIpc) is 2.57. The zero-order valence-electron chi connectivity index (χ0n) is 13.9. The molecule has 0 radical (unpaired) electrons. The number of nitrogens with two attached hydrogens (primary N) is 1. The van der Waals surface area contributed by atoms with Gasteiger partial charge >= 0.3 is 0 Å². The smallest absolute Gasteiger partial charge is 0.282 e. The summed E-state index contributed by atoms with van der Waals surface area (Å²) in [7, 11) is 0. The molecule has 0 aliphatic heterocycles. The topological polar surface area (TPSA) is 45.7 Å². The second-order valence-electron chi connectivity index (χ2n) is 6.53. The number of hydrogen-bond donors (Lipinski definition) is 2. The number of aryl methyl sites for hydroxylation is 2. The Morgan fingerprint density at radius 2 is 1.91 bits per heavy atom. The van der Waals surface area contributed by atoms with Crippen LogP contribution in [0.2, 0.25) is 0 Å². The van der Waals surface area contributed by atoms with E-state index in [-0.39, 0.29) is 11.9 Å². The third-order valence-corrected chi connectivity index (χ3v) is 4.67. The predicted molar refractivity (Wildman–Crippen MR) is 93.3 cm³/mol. The lowest BCUT2D eigenvalue weighted by atomic mass is 9.87. The average molecular weight is 309 g/mol. The van der Waals surface area contributed by atoms with E-state index in [1.54, 1.807) is 0 Å². The lowest BCUT2D eigenvalue weighted by Crippen LogP contribution is -2.92. The molecule has 2 aromatic rings. The van der Waals surface area contributed by atoms with Crippen LogP contribution >= 0.6 is 0 Å². The molecule has 0 saturated carbocycles. The Hall–Kier alpha value is -2.13. The first-order chi connectivity index (χ1) is 11.1. The standard InChI is InChI=1S/C20H24N2O/c1-14-10-12-17(13-11-14)22-20(23)15(2)21-19-9-5-7-16-6-3-4-8-18(16)19/h3-4,6,8,10-13,15,19,21H,5,7,9H2,1-2H3,(H,22,23)/p+1/t15-,19-/m1/s1.